The maximum Gasteiger partial charge on any atom is 0.254 e. The van der Waals surface area contributed by atoms with E-state index in [0.29, 0.717) is 12.0 Å². The Morgan fingerprint density at radius 2 is 1.96 bits per heavy atom. The van der Waals surface area contributed by atoms with E-state index in [0.717, 1.165) is 24.4 Å². The van der Waals surface area contributed by atoms with E-state index in [-0.39, 0.29) is 30.8 Å². The van der Waals surface area contributed by atoms with Crippen molar-refractivity contribution in [3.05, 3.63) is 35.1 Å². The van der Waals surface area contributed by atoms with Gasteiger partial charge in [-0.1, -0.05) is 6.07 Å². The zero-order valence-electron chi connectivity index (χ0n) is 13.7. The van der Waals surface area contributed by atoms with Crippen molar-refractivity contribution in [1.82, 2.24) is 10.6 Å². The van der Waals surface area contributed by atoms with Crippen LogP contribution in [-0.4, -0.2) is 30.5 Å². The molecule has 7 heteroatoms. The van der Waals surface area contributed by atoms with Crippen LogP contribution in [0.3, 0.4) is 0 Å². The molecule has 0 saturated heterocycles. The first kappa shape index (κ1) is 18.5. The van der Waals surface area contributed by atoms with Crippen molar-refractivity contribution >= 4 is 18.3 Å². The minimum Gasteiger partial charge on any atom is -0.349 e. The largest absolute Gasteiger partial charge is 0.349 e. The molecule has 1 aromatic rings. The normalized spacial score (nSPS) is 27.2. The van der Waals surface area contributed by atoms with Crippen LogP contribution in [0.5, 0.6) is 0 Å². The SMILES string of the molecule is Cl.O=C(NC1CC(F)(F)C1)c1cc([C@@H]2C[C@H]2NCC2CC2)ccc1F. The molecule has 138 valence electrons. The first-order valence-electron chi connectivity index (χ1n) is 8.63. The van der Waals surface area contributed by atoms with Crippen LogP contribution in [0.25, 0.3) is 0 Å². The third-order valence-corrected chi connectivity index (χ3v) is 5.24. The molecule has 0 unspecified atom stereocenters. The first-order valence-corrected chi connectivity index (χ1v) is 8.63. The van der Waals surface area contributed by atoms with E-state index >= 15 is 0 Å². The number of rotatable bonds is 6. The van der Waals surface area contributed by atoms with Crippen LogP contribution in [0, 0.1) is 11.7 Å². The van der Waals surface area contributed by atoms with Gasteiger partial charge in [-0.3, -0.25) is 4.79 Å². The molecule has 3 aliphatic rings. The number of nitrogens with one attached hydrogen (secondary N) is 2. The van der Waals surface area contributed by atoms with Gasteiger partial charge in [0.05, 0.1) is 5.56 Å². The highest BCUT2D eigenvalue weighted by Crippen LogP contribution is 2.42. The maximum atomic E-state index is 14.0. The summed E-state index contributed by atoms with van der Waals surface area (Å²) in [6.07, 6.45) is 2.86. The van der Waals surface area contributed by atoms with Crippen LogP contribution in [0.2, 0.25) is 0 Å². The average Bonchev–Trinajstić information content (AvgIpc) is 3.38. The smallest absolute Gasteiger partial charge is 0.254 e. The molecule has 3 nitrogen and oxygen atoms in total. The van der Waals surface area contributed by atoms with E-state index in [9.17, 15) is 18.0 Å². The van der Waals surface area contributed by atoms with Gasteiger partial charge >= 0.3 is 0 Å². The molecule has 0 aliphatic heterocycles. The lowest BCUT2D eigenvalue weighted by atomic mass is 9.88. The lowest BCUT2D eigenvalue weighted by Gasteiger charge is -2.35. The van der Waals surface area contributed by atoms with E-state index in [1.54, 1.807) is 12.1 Å². The fourth-order valence-electron chi connectivity index (χ4n) is 3.40. The molecule has 0 aromatic heterocycles. The van der Waals surface area contributed by atoms with Crippen molar-refractivity contribution < 1.29 is 18.0 Å². The van der Waals surface area contributed by atoms with Crippen molar-refractivity contribution in [3.8, 4) is 0 Å². The monoisotopic (exact) mass is 374 g/mol. The zero-order chi connectivity index (χ0) is 16.9. The molecule has 1 amide bonds. The quantitative estimate of drug-likeness (QED) is 0.798. The molecule has 0 radical (unpaired) electrons. The molecule has 3 aliphatic carbocycles. The van der Waals surface area contributed by atoms with Crippen molar-refractivity contribution in [2.24, 2.45) is 5.92 Å². The van der Waals surface area contributed by atoms with Crippen LogP contribution >= 0.6 is 12.4 Å². The second kappa shape index (κ2) is 6.80. The van der Waals surface area contributed by atoms with Gasteiger partial charge in [-0.05, 0) is 49.4 Å². The molecule has 25 heavy (non-hydrogen) atoms. The minimum absolute atomic E-state index is 0. The van der Waals surface area contributed by atoms with Crippen molar-refractivity contribution in [2.75, 3.05) is 6.54 Å². The second-order valence-electron chi connectivity index (χ2n) is 7.47. The Morgan fingerprint density at radius 1 is 1.24 bits per heavy atom. The number of benzene rings is 1. The van der Waals surface area contributed by atoms with Gasteiger partial charge in [0.25, 0.3) is 11.8 Å². The number of amides is 1. The fourth-order valence-corrected chi connectivity index (χ4v) is 3.40. The van der Waals surface area contributed by atoms with Gasteiger partial charge in [-0.2, -0.15) is 0 Å². The number of hydrogen-bond donors (Lipinski definition) is 2. The predicted molar refractivity (Wildman–Crippen MR) is 91.0 cm³/mol. The van der Waals surface area contributed by atoms with Gasteiger partial charge < -0.3 is 10.6 Å². The van der Waals surface area contributed by atoms with Gasteiger partial charge in [-0.15, -0.1) is 12.4 Å². The van der Waals surface area contributed by atoms with E-state index in [4.69, 9.17) is 0 Å². The Morgan fingerprint density at radius 3 is 2.60 bits per heavy atom. The van der Waals surface area contributed by atoms with Crippen molar-refractivity contribution in [1.29, 1.82) is 0 Å². The lowest BCUT2D eigenvalue weighted by molar-refractivity contribution is -0.0901. The molecule has 3 saturated carbocycles. The average molecular weight is 375 g/mol. The Bertz CT molecular complexity index is 658. The molecule has 0 heterocycles. The molecule has 1 aromatic carbocycles. The predicted octanol–water partition coefficient (Wildman–Crippen LogP) is 3.63. The highest BCUT2D eigenvalue weighted by Gasteiger charge is 2.46. The fraction of sp³-hybridized carbons (Fsp3) is 0.611. The topological polar surface area (TPSA) is 41.1 Å². The van der Waals surface area contributed by atoms with Crippen molar-refractivity contribution in [2.45, 2.75) is 56.0 Å². The second-order valence-corrected chi connectivity index (χ2v) is 7.47. The summed E-state index contributed by atoms with van der Waals surface area (Å²) in [5, 5.41) is 6.01. The zero-order valence-corrected chi connectivity index (χ0v) is 14.6. The van der Waals surface area contributed by atoms with Crippen LogP contribution in [0.1, 0.15) is 53.9 Å². The molecule has 2 atom stereocenters. The van der Waals surface area contributed by atoms with Crippen molar-refractivity contribution in [3.63, 3.8) is 0 Å². The molecular formula is C18H22ClF3N2O. The Hall–Kier alpha value is -1.27. The molecule has 4 rings (SSSR count). The number of halogens is 4. The summed E-state index contributed by atoms with van der Waals surface area (Å²) in [6, 6.07) is 4.43. The highest BCUT2D eigenvalue weighted by atomic mass is 35.5. The Labute approximate surface area is 151 Å². The minimum atomic E-state index is -2.70. The number of carbonyl (C=O) groups is 1. The van der Waals surface area contributed by atoms with Gasteiger partial charge in [0.15, 0.2) is 0 Å². The van der Waals surface area contributed by atoms with Gasteiger partial charge in [0, 0.05) is 30.8 Å². The first-order chi connectivity index (χ1) is 11.4. The number of hydrogen-bond acceptors (Lipinski definition) is 2. The van der Waals surface area contributed by atoms with Crippen LogP contribution in [0.15, 0.2) is 18.2 Å². The summed E-state index contributed by atoms with van der Waals surface area (Å²) in [7, 11) is 0. The summed E-state index contributed by atoms with van der Waals surface area (Å²) in [5.41, 5.74) is 0.893. The van der Waals surface area contributed by atoms with E-state index < -0.39 is 23.7 Å². The van der Waals surface area contributed by atoms with Gasteiger partial charge in [0.1, 0.15) is 5.82 Å². The van der Waals surface area contributed by atoms with Crippen LogP contribution in [0.4, 0.5) is 13.2 Å². The van der Waals surface area contributed by atoms with Crippen LogP contribution < -0.4 is 10.6 Å². The summed E-state index contributed by atoms with van der Waals surface area (Å²) in [6.45, 7) is 1.03. The summed E-state index contributed by atoms with van der Waals surface area (Å²) in [5.74, 6) is -2.79. The third-order valence-electron chi connectivity index (χ3n) is 5.24. The van der Waals surface area contributed by atoms with E-state index in [1.165, 1.54) is 18.9 Å². The Balaban J connectivity index is 0.00000182. The third kappa shape index (κ3) is 4.29. The number of alkyl halides is 2. The maximum absolute atomic E-state index is 14.0. The molecule has 0 bridgehead atoms. The highest BCUT2D eigenvalue weighted by molar-refractivity contribution is 5.95. The summed E-state index contributed by atoms with van der Waals surface area (Å²) in [4.78, 5) is 12.2. The molecule has 2 N–H and O–H groups in total. The van der Waals surface area contributed by atoms with Gasteiger partial charge in [-0.25, -0.2) is 13.2 Å². The van der Waals surface area contributed by atoms with Gasteiger partial charge in [0.2, 0.25) is 0 Å². The Kier molecular flexibility index (Phi) is 5.04. The summed E-state index contributed by atoms with van der Waals surface area (Å²) < 4.78 is 39.6. The number of carbonyl (C=O) groups excluding carboxylic acids is 1. The molecule has 0 spiro atoms. The van der Waals surface area contributed by atoms with E-state index in [2.05, 4.69) is 10.6 Å². The summed E-state index contributed by atoms with van der Waals surface area (Å²) >= 11 is 0. The molecular weight excluding hydrogens is 353 g/mol. The van der Waals surface area contributed by atoms with E-state index in [1.807, 2.05) is 0 Å². The van der Waals surface area contributed by atoms with Crippen LogP contribution in [-0.2, 0) is 0 Å². The standard InChI is InChI=1S/C18H21F3N2O.ClH/c19-15-4-3-11(13-6-16(13)22-9-10-1-2-10)5-14(15)17(24)23-12-7-18(20,21)8-12;/h3-5,10,12-13,16,22H,1-2,6-9H2,(H,23,24);1H/t13-,16+;/m0./s1. The lowest BCUT2D eigenvalue weighted by Crippen LogP contribution is -2.50. The molecule has 3 fully saturated rings.